The fourth-order valence-electron chi connectivity index (χ4n) is 2.58. The number of rotatable bonds is 9. The first-order chi connectivity index (χ1) is 12.2. The van der Waals surface area contributed by atoms with Crippen LogP contribution in [0.4, 0.5) is 0 Å². The number of hydrogen-bond donors (Lipinski definition) is 0. The Hall–Kier alpha value is -0.640. The van der Waals surface area contributed by atoms with Crippen molar-refractivity contribution in [2.24, 2.45) is 0 Å². The van der Waals surface area contributed by atoms with Gasteiger partial charge in [-0.25, -0.2) is 0 Å². The molecule has 0 aliphatic heterocycles. The van der Waals surface area contributed by atoms with Gasteiger partial charge in [-0.15, -0.1) is 0 Å². The van der Waals surface area contributed by atoms with Gasteiger partial charge in [0.2, 0.25) is 4.58 Å². The van der Waals surface area contributed by atoms with Crippen molar-refractivity contribution >= 4 is 60.6 Å². The molecule has 1 unspecified atom stereocenters. The summed E-state index contributed by atoms with van der Waals surface area (Å²) in [6.07, 6.45) is 0.330. The van der Waals surface area contributed by atoms with Crippen LogP contribution in [0.1, 0.15) is 40.0 Å². The Kier molecular flexibility index (Phi) is 9.24. The van der Waals surface area contributed by atoms with Gasteiger partial charge in [0.15, 0.2) is 0 Å². The van der Waals surface area contributed by atoms with E-state index in [2.05, 4.69) is 0 Å². The van der Waals surface area contributed by atoms with Crippen molar-refractivity contribution < 1.29 is 25.2 Å². The predicted octanol–water partition coefficient (Wildman–Crippen LogP) is 3.17. The second-order valence-corrected chi connectivity index (χ2v) is 10.0. The second kappa shape index (κ2) is 10.2. The molecule has 0 aliphatic rings. The summed E-state index contributed by atoms with van der Waals surface area (Å²) in [4.78, 5) is 0. The molecule has 0 fully saturated rings. The van der Waals surface area contributed by atoms with E-state index in [0.29, 0.717) is 18.2 Å². The zero-order valence-corrected chi connectivity index (χ0v) is 16.7. The van der Waals surface area contributed by atoms with Gasteiger partial charge >= 0.3 is 39.7 Å². The average Bonchev–Trinajstić information content (AvgIpc) is 2.53. The van der Waals surface area contributed by atoms with Gasteiger partial charge in [0, 0.05) is 5.39 Å². The first kappa shape index (κ1) is 24.4. The molecule has 0 saturated carbocycles. The molecule has 1 atom stereocenters. The topological polar surface area (TPSA) is 86.7 Å². The van der Waals surface area contributed by atoms with Crippen LogP contribution in [-0.4, -0.2) is 57.1 Å². The molecule has 0 aromatic heterocycles. The average molecular weight is 425 g/mol. The van der Waals surface area contributed by atoms with Crippen LogP contribution in [0.3, 0.4) is 0 Å². The van der Waals surface area contributed by atoms with Crippen LogP contribution in [-0.2, 0) is 24.4 Å². The van der Waals surface area contributed by atoms with Crippen molar-refractivity contribution in [2.75, 3.05) is 0 Å². The Morgan fingerprint density at radius 1 is 0.926 bits per heavy atom. The normalized spacial score (nSPS) is 13.3. The van der Waals surface area contributed by atoms with Gasteiger partial charge in [0.25, 0.3) is 10.1 Å². The molecule has 0 aliphatic carbocycles. The zero-order valence-electron chi connectivity index (χ0n) is 15.1. The molecule has 2 aromatic carbocycles. The maximum atomic E-state index is 12.8. The number of hydrogen-bond acceptors (Lipinski definition) is 6. The Balaban J connectivity index is 0.00000364. The molecule has 0 saturated heterocycles. The zero-order chi connectivity index (χ0) is 19.4. The van der Waals surface area contributed by atoms with Crippen LogP contribution < -0.4 is 4.18 Å². The first-order valence-corrected chi connectivity index (χ1v) is 11.4. The monoisotopic (exact) mass is 424 g/mol. The van der Waals surface area contributed by atoms with Gasteiger partial charge in [-0.05, 0) is 31.7 Å². The van der Waals surface area contributed by atoms with Crippen molar-refractivity contribution in [3.63, 3.8) is 0 Å². The maximum absolute atomic E-state index is 12.8. The van der Waals surface area contributed by atoms with E-state index in [9.17, 15) is 16.8 Å². The molecule has 0 amide bonds. The fraction of sp³-hybridized carbons (Fsp3) is 0.444. The Morgan fingerprint density at radius 3 is 2.19 bits per heavy atom. The van der Waals surface area contributed by atoms with E-state index in [0.717, 1.165) is 5.39 Å². The summed E-state index contributed by atoms with van der Waals surface area (Å²) in [6.45, 7) is 4.92. The summed E-state index contributed by atoms with van der Waals surface area (Å²) in [5.41, 5.74) is 0. The number of benzene rings is 2. The SMILES string of the molecule is CCCCC(S(=O)(=O)Oc1cccc2ccccc12)S(=O)(=O)OC(C)C.[NaH]. The van der Waals surface area contributed by atoms with E-state index >= 15 is 0 Å². The summed E-state index contributed by atoms with van der Waals surface area (Å²) in [5, 5.41) is 1.39. The molecule has 146 valence electrons. The summed E-state index contributed by atoms with van der Waals surface area (Å²) >= 11 is 0. The second-order valence-electron chi connectivity index (χ2n) is 6.26. The van der Waals surface area contributed by atoms with Crippen molar-refractivity contribution in [3.8, 4) is 5.75 Å². The van der Waals surface area contributed by atoms with Gasteiger partial charge in [-0.2, -0.15) is 16.8 Å². The van der Waals surface area contributed by atoms with Gasteiger partial charge in [0.05, 0.1) is 6.10 Å². The van der Waals surface area contributed by atoms with E-state index in [1.807, 2.05) is 25.1 Å². The first-order valence-electron chi connectivity index (χ1n) is 8.50. The number of unbranched alkanes of at least 4 members (excludes halogenated alkanes) is 1. The third-order valence-corrected chi connectivity index (χ3v) is 7.96. The van der Waals surface area contributed by atoms with Crippen molar-refractivity contribution in [1.82, 2.24) is 0 Å². The predicted molar refractivity (Wildman–Crippen MR) is 109 cm³/mol. The van der Waals surface area contributed by atoms with Crippen LogP contribution in [0.5, 0.6) is 5.75 Å². The Morgan fingerprint density at radius 2 is 1.56 bits per heavy atom. The van der Waals surface area contributed by atoms with Gasteiger partial charge < -0.3 is 4.18 Å². The van der Waals surface area contributed by atoms with Gasteiger partial charge in [-0.3, -0.25) is 4.18 Å². The number of fused-ring (bicyclic) bond motifs is 1. The van der Waals surface area contributed by atoms with Crippen LogP contribution in [0.15, 0.2) is 42.5 Å². The van der Waals surface area contributed by atoms with Gasteiger partial charge in [-0.1, -0.05) is 56.2 Å². The van der Waals surface area contributed by atoms with Crippen LogP contribution >= 0.6 is 0 Å². The summed E-state index contributed by atoms with van der Waals surface area (Å²) in [6, 6.07) is 12.1. The van der Waals surface area contributed by atoms with Crippen LogP contribution in [0.2, 0.25) is 0 Å². The molecule has 0 radical (unpaired) electrons. The van der Waals surface area contributed by atoms with Crippen molar-refractivity contribution in [3.05, 3.63) is 42.5 Å². The summed E-state index contributed by atoms with van der Waals surface area (Å²) < 4.78 is 58.9. The van der Waals surface area contributed by atoms with E-state index in [1.54, 1.807) is 18.2 Å². The molecule has 9 heteroatoms. The molecule has 0 N–H and O–H groups in total. The summed E-state index contributed by atoms with van der Waals surface area (Å²) in [5.74, 6) is 0.101. The Bertz CT molecular complexity index is 949. The van der Waals surface area contributed by atoms with Crippen LogP contribution in [0.25, 0.3) is 10.8 Å². The molecule has 27 heavy (non-hydrogen) atoms. The summed E-state index contributed by atoms with van der Waals surface area (Å²) in [7, 11) is -8.79. The minimum absolute atomic E-state index is 0. The minimum atomic E-state index is -4.46. The van der Waals surface area contributed by atoms with Crippen molar-refractivity contribution in [2.45, 2.75) is 50.7 Å². The Labute approximate surface area is 183 Å². The quantitative estimate of drug-likeness (QED) is 0.454. The molecule has 0 bridgehead atoms. The third-order valence-electron chi connectivity index (χ3n) is 3.72. The molecule has 0 spiro atoms. The van der Waals surface area contributed by atoms with Crippen LogP contribution in [0, 0.1) is 0 Å². The standard InChI is InChI=1S/C18H24O6S2.Na.H/c1-4-5-13-18(25(19,20)23-14(2)3)26(21,22)24-17-12-8-10-15-9-6-7-11-16(15)17;;/h6-12,14,18H,4-5,13H2,1-3H3;;. The van der Waals surface area contributed by atoms with E-state index in [1.165, 1.54) is 19.9 Å². The molecule has 2 rings (SSSR count). The molecule has 6 nitrogen and oxygen atoms in total. The van der Waals surface area contributed by atoms with Gasteiger partial charge in [0.1, 0.15) is 5.75 Å². The van der Waals surface area contributed by atoms with Crippen molar-refractivity contribution in [1.29, 1.82) is 0 Å². The van der Waals surface area contributed by atoms with E-state index < -0.39 is 30.9 Å². The third kappa shape index (κ3) is 6.44. The molecular weight excluding hydrogens is 399 g/mol. The fourth-order valence-corrected chi connectivity index (χ4v) is 6.06. The van der Waals surface area contributed by atoms with E-state index in [-0.39, 0.29) is 41.7 Å². The molecular formula is C18H25NaO6S2. The van der Waals surface area contributed by atoms with E-state index in [4.69, 9.17) is 8.37 Å². The molecule has 2 aromatic rings. The molecule has 0 heterocycles.